The Kier molecular flexibility index (Phi) is 10.0. The summed E-state index contributed by atoms with van der Waals surface area (Å²) in [6, 6.07) is 12.8. The van der Waals surface area contributed by atoms with Gasteiger partial charge in [0.1, 0.15) is 6.04 Å². The molecule has 0 radical (unpaired) electrons. The first-order valence-electron chi connectivity index (χ1n) is 10.0. The third-order valence-corrected chi connectivity index (χ3v) is 6.52. The van der Waals surface area contributed by atoms with Crippen molar-refractivity contribution in [3.05, 3.63) is 69.2 Å². The summed E-state index contributed by atoms with van der Waals surface area (Å²) in [5.74, 6) is 0.564. The van der Waals surface area contributed by atoms with Crippen molar-refractivity contribution in [1.82, 2.24) is 10.2 Å². The number of aryl methyl sites for hydroxylation is 1. The largest absolute Gasteiger partial charge is 0.355 e. The molecule has 2 rings (SSSR count). The summed E-state index contributed by atoms with van der Waals surface area (Å²) in [6.07, 6.45) is 0.546. The zero-order valence-corrected chi connectivity index (χ0v) is 19.9. The van der Waals surface area contributed by atoms with Gasteiger partial charge in [0.25, 0.3) is 0 Å². The Morgan fingerprint density at radius 3 is 2.33 bits per heavy atom. The number of benzene rings is 2. The van der Waals surface area contributed by atoms with E-state index in [-0.39, 0.29) is 17.6 Å². The van der Waals surface area contributed by atoms with Gasteiger partial charge in [0.15, 0.2) is 0 Å². The predicted octanol–water partition coefficient (Wildman–Crippen LogP) is 5.48. The number of halogens is 2. The van der Waals surface area contributed by atoms with Crippen LogP contribution < -0.4 is 5.32 Å². The molecule has 30 heavy (non-hydrogen) atoms. The van der Waals surface area contributed by atoms with Crippen LogP contribution in [0.5, 0.6) is 0 Å². The molecule has 0 aliphatic heterocycles. The fraction of sp³-hybridized carbons (Fsp3) is 0.391. The summed E-state index contributed by atoms with van der Waals surface area (Å²) in [5, 5.41) is 4.04. The average molecular weight is 467 g/mol. The lowest BCUT2D eigenvalue weighted by Gasteiger charge is -2.31. The Balaban J connectivity index is 2.16. The van der Waals surface area contributed by atoms with Gasteiger partial charge < -0.3 is 10.2 Å². The summed E-state index contributed by atoms with van der Waals surface area (Å²) in [6.45, 7) is 6.74. The molecule has 0 aliphatic carbocycles. The number of nitrogens with zero attached hydrogens (tertiary/aromatic N) is 1. The minimum Gasteiger partial charge on any atom is -0.355 e. The van der Waals surface area contributed by atoms with Crippen LogP contribution in [0.1, 0.15) is 37.0 Å². The van der Waals surface area contributed by atoms with E-state index in [9.17, 15) is 9.59 Å². The normalized spacial score (nSPS) is 11.8. The molecule has 0 saturated carbocycles. The second-order valence-electron chi connectivity index (χ2n) is 6.96. The lowest BCUT2D eigenvalue weighted by atomic mass is 10.1. The maximum Gasteiger partial charge on any atom is 0.242 e. The number of amides is 2. The lowest BCUT2D eigenvalue weighted by molar-refractivity contribution is -0.139. The zero-order chi connectivity index (χ0) is 22.1. The fourth-order valence-corrected chi connectivity index (χ4v) is 4.82. The van der Waals surface area contributed by atoms with Crippen LogP contribution in [0.2, 0.25) is 10.0 Å². The van der Waals surface area contributed by atoms with Gasteiger partial charge in [0.05, 0.1) is 5.75 Å². The first-order valence-corrected chi connectivity index (χ1v) is 11.9. The van der Waals surface area contributed by atoms with E-state index in [0.717, 1.165) is 16.7 Å². The maximum absolute atomic E-state index is 13.2. The van der Waals surface area contributed by atoms with Crippen molar-refractivity contribution in [1.29, 1.82) is 0 Å². The Hall–Kier alpha value is -1.69. The van der Waals surface area contributed by atoms with Crippen molar-refractivity contribution in [3.8, 4) is 0 Å². The van der Waals surface area contributed by atoms with Gasteiger partial charge >= 0.3 is 0 Å². The van der Waals surface area contributed by atoms with Crippen LogP contribution in [0.3, 0.4) is 0 Å². The summed E-state index contributed by atoms with van der Waals surface area (Å²) < 4.78 is 0. The number of rotatable bonds is 10. The van der Waals surface area contributed by atoms with Crippen LogP contribution in [-0.2, 0) is 21.9 Å². The van der Waals surface area contributed by atoms with Crippen LogP contribution in [0.15, 0.2) is 42.5 Å². The number of carbonyl (C=O) groups excluding carboxylic acids is 2. The van der Waals surface area contributed by atoms with E-state index in [1.165, 1.54) is 11.8 Å². The van der Waals surface area contributed by atoms with E-state index >= 15 is 0 Å². The molecule has 2 aromatic rings. The SMILES string of the molecule is CCNC(=O)[C@H](CC)N(Cc1ccccc1C)C(=O)CSCc1c(Cl)cccc1Cl. The van der Waals surface area contributed by atoms with Crippen molar-refractivity contribution in [2.75, 3.05) is 12.3 Å². The second kappa shape index (κ2) is 12.2. The molecule has 0 spiro atoms. The number of carbonyl (C=O) groups is 2. The van der Waals surface area contributed by atoms with Gasteiger partial charge in [-0.15, -0.1) is 11.8 Å². The van der Waals surface area contributed by atoms with E-state index in [1.807, 2.05) is 45.0 Å². The first kappa shape index (κ1) is 24.6. The highest BCUT2D eigenvalue weighted by Gasteiger charge is 2.28. The molecular weight excluding hydrogens is 439 g/mol. The maximum atomic E-state index is 13.2. The second-order valence-corrected chi connectivity index (χ2v) is 8.76. The summed E-state index contributed by atoms with van der Waals surface area (Å²) in [4.78, 5) is 27.5. The van der Waals surface area contributed by atoms with Gasteiger partial charge in [-0.1, -0.05) is 60.5 Å². The monoisotopic (exact) mass is 466 g/mol. The Labute approximate surface area is 193 Å². The Morgan fingerprint density at radius 2 is 1.73 bits per heavy atom. The summed E-state index contributed by atoms with van der Waals surface area (Å²) in [5.41, 5.74) is 2.95. The smallest absolute Gasteiger partial charge is 0.242 e. The van der Waals surface area contributed by atoms with Gasteiger partial charge in [-0.3, -0.25) is 9.59 Å². The van der Waals surface area contributed by atoms with Gasteiger partial charge in [-0.05, 0) is 49.1 Å². The minimum absolute atomic E-state index is 0.0791. The van der Waals surface area contributed by atoms with Crippen molar-refractivity contribution in [3.63, 3.8) is 0 Å². The standard InChI is InChI=1S/C23H28Cl2N2O2S/c1-4-21(23(29)26-5-2)27(13-17-10-7-6-9-16(17)3)22(28)15-30-14-18-19(24)11-8-12-20(18)25/h6-12,21H,4-5,13-15H2,1-3H3,(H,26,29)/t21-/m0/s1. The molecule has 0 bridgehead atoms. The van der Waals surface area contributed by atoms with Crippen molar-refractivity contribution < 1.29 is 9.59 Å². The molecule has 0 unspecified atom stereocenters. The molecule has 0 fully saturated rings. The Bertz CT molecular complexity index is 856. The molecule has 0 heterocycles. The first-order chi connectivity index (χ1) is 14.4. The van der Waals surface area contributed by atoms with Gasteiger partial charge in [-0.25, -0.2) is 0 Å². The molecule has 0 saturated heterocycles. The fourth-order valence-electron chi connectivity index (χ4n) is 3.18. The van der Waals surface area contributed by atoms with E-state index in [2.05, 4.69) is 5.32 Å². The zero-order valence-electron chi connectivity index (χ0n) is 17.6. The molecule has 2 aromatic carbocycles. The summed E-state index contributed by atoms with van der Waals surface area (Å²) in [7, 11) is 0. The highest BCUT2D eigenvalue weighted by Crippen LogP contribution is 2.28. The van der Waals surface area contributed by atoms with Gasteiger partial charge in [0, 0.05) is 28.9 Å². The predicted molar refractivity (Wildman–Crippen MR) is 127 cm³/mol. The van der Waals surface area contributed by atoms with Gasteiger partial charge in [-0.2, -0.15) is 0 Å². The molecule has 1 atom stereocenters. The van der Waals surface area contributed by atoms with Crippen molar-refractivity contribution in [2.45, 2.75) is 45.5 Å². The molecule has 4 nitrogen and oxygen atoms in total. The molecule has 7 heteroatoms. The molecular formula is C23H28Cl2N2O2S. The van der Waals surface area contributed by atoms with E-state index in [4.69, 9.17) is 23.2 Å². The molecule has 0 aliphatic rings. The molecule has 162 valence electrons. The van der Waals surface area contributed by atoms with Gasteiger partial charge in [0.2, 0.25) is 11.8 Å². The summed E-state index contributed by atoms with van der Waals surface area (Å²) >= 11 is 13.9. The highest BCUT2D eigenvalue weighted by molar-refractivity contribution is 7.99. The van der Waals surface area contributed by atoms with Crippen LogP contribution in [0.25, 0.3) is 0 Å². The molecule has 0 aromatic heterocycles. The number of likely N-dealkylation sites (N-methyl/N-ethyl adjacent to an activating group) is 1. The van der Waals surface area contributed by atoms with Crippen LogP contribution >= 0.6 is 35.0 Å². The van der Waals surface area contributed by atoms with Crippen LogP contribution in [-0.4, -0.2) is 35.1 Å². The number of thioether (sulfide) groups is 1. The highest BCUT2D eigenvalue weighted by atomic mass is 35.5. The molecule has 1 N–H and O–H groups in total. The minimum atomic E-state index is -0.512. The molecule has 2 amide bonds. The van der Waals surface area contributed by atoms with E-state index < -0.39 is 6.04 Å². The lowest BCUT2D eigenvalue weighted by Crippen LogP contribution is -2.49. The third kappa shape index (κ3) is 6.66. The van der Waals surface area contributed by atoms with Crippen molar-refractivity contribution in [2.24, 2.45) is 0 Å². The van der Waals surface area contributed by atoms with E-state index in [0.29, 0.717) is 35.3 Å². The number of hydrogen-bond acceptors (Lipinski definition) is 3. The quantitative estimate of drug-likeness (QED) is 0.504. The van der Waals surface area contributed by atoms with Crippen LogP contribution in [0, 0.1) is 6.92 Å². The number of hydrogen-bond donors (Lipinski definition) is 1. The Morgan fingerprint density at radius 1 is 1.07 bits per heavy atom. The number of nitrogens with one attached hydrogen (secondary N) is 1. The van der Waals surface area contributed by atoms with E-state index in [1.54, 1.807) is 23.1 Å². The van der Waals surface area contributed by atoms with Crippen LogP contribution in [0.4, 0.5) is 0 Å². The third-order valence-electron chi connectivity index (χ3n) is 4.87. The topological polar surface area (TPSA) is 49.4 Å². The average Bonchev–Trinajstić information content (AvgIpc) is 2.71. The van der Waals surface area contributed by atoms with Crippen molar-refractivity contribution >= 4 is 46.8 Å².